The number of halogens is 1. The maximum absolute atomic E-state index is 11.1. The fourth-order valence-electron chi connectivity index (χ4n) is 2.60. The molecule has 6 heteroatoms. The van der Waals surface area contributed by atoms with E-state index in [2.05, 4.69) is 27.9 Å². The third kappa shape index (κ3) is 3.36. The van der Waals surface area contributed by atoms with Crippen LogP contribution in [-0.4, -0.2) is 22.2 Å². The summed E-state index contributed by atoms with van der Waals surface area (Å²) in [6.45, 7) is 0.0101. The van der Waals surface area contributed by atoms with Gasteiger partial charge in [0.05, 0.1) is 17.1 Å². The van der Waals surface area contributed by atoms with Crippen molar-refractivity contribution in [1.82, 2.24) is 0 Å². The summed E-state index contributed by atoms with van der Waals surface area (Å²) in [4.78, 5) is 10.7. The molecule has 1 saturated carbocycles. The third-order valence-electron chi connectivity index (χ3n) is 3.67. The molecule has 0 amide bonds. The van der Waals surface area contributed by atoms with Crippen molar-refractivity contribution in [3.8, 4) is 0 Å². The van der Waals surface area contributed by atoms with Gasteiger partial charge in [0.25, 0.3) is 5.69 Å². The van der Waals surface area contributed by atoms with Crippen LogP contribution in [0, 0.1) is 13.7 Å². The first kappa shape index (κ1) is 14.5. The number of hydrogen-bond donors (Lipinski definition) is 2. The lowest BCUT2D eigenvalue weighted by molar-refractivity contribution is -0.384. The molecule has 0 bridgehead atoms. The van der Waals surface area contributed by atoms with Crippen molar-refractivity contribution in [1.29, 1.82) is 0 Å². The predicted molar refractivity (Wildman–Crippen MR) is 82.3 cm³/mol. The van der Waals surface area contributed by atoms with E-state index in [9.17, 15) is 15.2 Å². The number of nitrogens with zero attached hydrogens (tertiary/aromatic N) is 1. The molecule has 5 nitrogen and oxygen atoms in total. The molecule has 1 aliphatic carbocycles. The summed E-state index contributed by atoms with van der Waals surface area (Å²) in [6.07, 6.45) is 4.97. The van der Waals surface area contributed by atoms with Gasteiger partial charge in [-0.1, -0.05) is 19.3 Å². The number of nitro groups is 1. The lowest BCUT2D eigenvalue weighted by atomic mass is 9.82. The second-order valence-electron chi connectivity index (χ2n) is 5.04. The van der Waals surface area contributed by atoms with Crippen LogP contribution < -0.4 is 5.32 Å². The van der Waals surface area contributed by atoms with E-state index in [1.807, 2.05) is 6.07 Å². The number of nitro benzene ring substituents is 1. The number of nitrogens with one attached hydrogen (secondary N) is 1. The molecule has 1 aromatic rings. The molecule has 2 rings (SSSR count). The zero-order valence-electron chi connectivity index (χ0n) is 10.6. The first-order chi connectivity index (χ1) is 9.06. The van der Waals surface area contributed by atoms with E-state index in [4.69, 9.17) is 0 Å². The topological polar surface area (TPSA) is 75.4 Å². The number of benzene rings is 1. The van der Waals surface area contributed by atoms with Crippen molar-refractivity contribution in [2.24, 2.45) is 0 Å². The highest BCUT2D eigenvalue weighted by atomic mass is 127. The first-order valence-corrected chi connectivity index (χ1v) is 7.47. The van der Waals surface area contributed by atoms with Gasteiger partial charge in [-0.3, -0.25) is 10.1 Å². The van der Waals surface area contributed by atoms with Crippen LogP contribution in [0.5, 0.6) is 0 Å². The van der Waals surface area contributed by atoms with E-state index in [0.717, 1.165) is 35.7 Å². The highest BCUT2D eigenvalue weighted by molar-refractivity contribution is 14.1. The van der Waals surface area contributed by atoms with Crippen LogP contribution in [0.25, 0.3) is 0 Å². The maximum atomic E-state index is 11.1. The second kappa shape index (κ2) is 6.04. The molecule has 104 valence electrons. The molecular weight excluding hydrogens is 359 g/mol. The maximum Gasteiger partial charge on any atom is 0.293 e. The van der Waals surface area contributed by atoms with Crippen LogP contribution >= 0.6 is 22.6 Å². The summed E-state index contributed by atoms with van der Waals surface area (Å²) < 4.78 is 0.830. The molecule has 0 aliphatic heterocycles. The number of hydrogen-bond acceptors (Lipinski definition) is 4. The highest BCUT2D eigenvalue weighted by Crippen LogP contribution is 2.35. The minimum Gasteiger partial charge on any atom is -0.394 e. The summed E-state index contributed by atoms with van der Waals surface area (Å²) in [5.74, 6) is 0. The smallest absolute Gasteiger partial charge is 0.293 e. The Bertz CT molecular complexity index is 473. The van der Waals surface area contributed by atoms with Crippen molar-refractivity contribution < 1.29 is 10.0 Å². The Labute approximate surface area is 125 Å². The van der Waals surface area contributed by atoms with Crippen LogP contribution in [0.3, 0.4) is 0 Å². The van der Waals surface area contributed by atoms with E-state index in [0.29, 0.717) is 5.69 Å². The van der Waals surface area contributed by atoms with E-state index >= 15 is 0 Å². The number of aliphatic hydroxyl groups excluding tert-OH is 1. The predicted octanol–water partition coefficient (Wildman–Crippen LogP) is 3.31. The Morgan fingerprint density at radius 1 is 1.37 bits per heavy atom. The standard InChI is InChI=1S/C13H17IN2O3/c14-10-4-5-11(12(8-10)16(18)19)15-13(9-17)6-2-1-3-7-13/h4-5,8,15,17H,1-3,6-7,9H2. The molecule has 0 radical (unpaired) electrons. The van der Waals surface area contributed by atoms with Crippen molar-refractivity contribution in [3.63, 3.8) is 0 Å². The van der Waals surface area contributed by atoms with Gasteiger partial charge in [-0.15, -0.1) is 0 Å². The normalized spacial score (nSPS) is 18.0. The number of aliphatic hydroxyl groups is 1. The van der Waals surface area contributed by atoms with Crippen LogP contribution in [0.15, 0.2) is 18.2 Å². The monoisotopic (exact) mass is 376 g/mol. The quantitative estimate of drug-likeness (QED) is 0.480. The van der Waals surface area contributed by atoms with Gasteiger partial charge < -0.3 is 10.4 Å². The zero-order valence-corrected chi connectivity index (χ0v) is 12.7. The van der Waals surface area contributed by atoms with Crippen LogP contribution in [0.2, 0.25) is 0 Å². The molecule has 19 heavy (non-hydrogen) atoms. The minimum atomic E-state index is -0.407. The van der Waals surface area contributed by atoms with E-state index in [1.165, 1.54) is 0 Å². The van der Waals surface area contributed by atoms with Crippen molar-refractivity contribution in [2.75, 3.05) is 11.9 Å². The summed E-state index contributed by atoms with van der Waals surface area (Å²) in [6, 6.07) is 5.12. The number of rotatable bonds is 4. The Morgan fingerprint density at radius 2 is 2.05 bits per heavy atom. The van der Waals surface area contributed by atoms with E-state index in [-0.39, 0.29) is 17.2 Å². The Morgan fingerprint density at radius 3 is 2.63 bits per heavy atom. The summed E-state index contributed by atoms with van der Waals surface area (Å²) >= 11 is 2.06. The zero-order chi connectivity index (χ0) is 13.9. The molecule has 0 aromatic heterocycles. The molecule has 2 N–H and O–H groups in total. The lowest BCUT2D eigenvalue weighted by Gasteiger charge is -2.37. The molecular formula is C13H17IN2O3. The van der Waals surface area contributed by atoms with Crippen molar-refractivity contribution in [3.05, 3.63) is 31.9 Å². The molecule has 0 unspecified atom stereocenters. The lowest BCUT2D eigenvalue weighted by Crippen LogP contribution is -2.44. The molecule has 0 saturated heterocycles. The average molecular weight is 376 g/mol. The third-order valence-corrected chi connectivity index (χ3v) is 4.34. The van der Waals surface area contributed by atoms with Gasteiger partial charge in [0, 0.05) is 9.64 Å². The van der Waals surface area contributed by atoms with Gasteiger partial charge in [-0.05, 0) is 47.6 Å². The second-order valence-corrected chi connectivity index (χ2v) is 6.29. The SMILES string of the molecule is O=[N+]([O-])c1cc(I)ccc1NC1(CO)CCCCC1. The van der Waals surface area contributed by atoms with E-state index < -0.39 is 5.54 Å². The summed E-state index contributed by atoms with van der Waals surface area (Å²) in [7, 11) is 0. The van der Waals surface area contributed by atoms with Crippen LogP contribution in [0.4, 0.5) is 11.4 Å². The van der Waals surface area contributed by atoms with Gasteiger partial charge in [0.15, 0.2) is 0 Å². The van der Waals surface area contributed by atoms with Gasteiger partial charge in [-0.2, -0.15) is 0 Å². The van der Waals surface area contributed by atoms with Gasteiger partial charge in [-0.25, -0.2) is 0 Å². The van der Waals surface area contributed by atoms with Gasteiger partial charge >= 0.3 is 0 Å². The number of anilines is 1. The minimum absolute atomic E-state index is 0.0101. The molecule has 1 fully saturated rings. The molecule has 0 heterocycles. The fourth-order valence-corrected chi connectivity index (χ4v) is 3.07. The fraction of sp³-hybridized carbons (Fsp3) is 0.538. The molecule has 1 aromatic carbocycles. The van der Waals surface area contributed by atoms with Gasteiger partial charge in [0.2, 0.25) is 0 Å². The Kier molecular flexibility index (Phi) is 4.62. The Hall–Kier alpha value is -0.890. The first-order valence-electron chi connectivity index (χ1n) is 6.39. The van der Waals surface area contributed by atoms with E-state index in [1.54, 1.807) is 12.1 Å². The largest absolute Gasteiger partial charge is 0.394 e. The average Bonchev–Trinajstić information content (AvgIpc) is 2.42. The molecule has 0 spiro atoms. The van der Waals surface area contributed by atoms with Crippen LogP contribution in [-0.2, 0) is 0 Å². The van der Waals surface area contributed by atoms with Crippen molar-refractivity contribution >= 4 is 34.0 Å². The summed E-state index contributed by atoms with van der Waals surface area (Å²) in [5.41, 5.74) is 0.169. The highest BCUT2D eigenvalue weighted by Gasteiger charge is 2.33. The Balaban J connectivity index is 2.28. The molecule has 1 aliphatic rings. The van der Waals surface area contributed by atoms with Gasteiger partial charge in [0.1, 0.15) is 5.69 Å². The summed E-state index contributed by atoms with van der Waals surface area (Å²) in [5, 5.41) is 24.0. The molecule has 0 atom stereocenters. The van der Waals surface area contributed by atoms with Crippen LogP contribution in [0.1, 0.15) is 32.1 Å². The van der Waals surface area contributed by atoms with Crippen molar-refractivity contribution in [2.45, 2.75) is 37.6 Å².